The van der Waals surface area contributed by atoms with Crippen LogP contribution in [0, 0.1) is 0 Å². The summed E-state index contributed by atoms with van der Waals surface area (Å²) in [5.41, 5.74) is 1.38. The topological polar surface area (TPSA) is 12.0 Å². The van der Waals surface area contributed by atoms with Crippen LogP contribution >= 0.6 is 24.0 Å². The molecule has 0 radical (unpaired) electrons. The van der Waals surface area contributed by atoms with Crippen molar-refractivity contribution >= 4 is 24.0 Å². The van der Waals surface area contributed by atoms with Crippen molar-refractivity contribution in [2.24, 2.45) is 0 Å². The molecule has 3 heteroatoms. The molecule has 1 aromatic carbocycles. The molecule has 0 bridgehead atoms. The molecule has 0 amide bonds. The zero-order valence-corrected chi connectivity index (χ0v) is 12.8. The Morgan fingerprint density at radius 1 is 0.944 bits per heavy atom. The molecule has 1 rings (SSSR count). The Labute approximate surface area is 123 Å². The van der Waals surface area contributed by atoms with Gasteiger partial charge in [0.1, 0.15) is 0 Å². The van der Waals surface area contributed by atoms with Crippen molar-refractivity contribution in [1.82, 2.24) is 5.32 Å². The predicted octanol–water partition coefficient (Wildman–Crippen LogP) is 4.86. The normalized spacial score (nSPS) is 10.1. The fourth-order valence-electron chi connectivity index (χ4n) is 1.87. The van der Waals surface area contributed by atoms with Crippen molar-refractivity contribution < 1.29 is 0 Å². The van der Waals surface area contributed by atoms with E-state index in [2.05, 4.69) is 24.4 Å². The number of hydrogen-bond donors (Lipinski definition) is 1. The zero-order valence-electron chi connectivity index (χ0n) is 11.3. The van der Waals surface area contributed by atoms with Crippen LogP contribution in [0.3, 0.4) is 0 Å². The maximum atomic E-state index is 5.84. The Balaban J connectivity index is 0.00000289. The largest absolute Gasteiger partial charge is 0.317 e. The third-order valence-electron chi connectivity index (χ3n) is 2.94. The highest BCUT2D eigenvalue weighted by atomic mass is 35.5. The number of benzene rings is 1. The fraction of sp³-hybridized carbons (Fsp3) is 0.600. The molecule has 0 fully saturated rings. The molecular weight excluding hydrogens is 265 g/mol. The van der Waals surface area contributed by atoms with Gasteiger partial charge in [0.25, 0.3) is 0 Å². The first-order valence-corrected chi connectivity index (χ1v) is 7.16. The van der Waals surface area contributed by atoms with Gasteiger partial charge in [-0.05, 0) is 50.0 Å². The summed E-state index contributed by atoms with van der Waals surface area (Å²) in [5, 5.41) is 4.32. The number of unbranched alkanes of at least 4 members (excludes halogenated alkanes) is 3. The van der Waals surface area contributed by atoms with Gasteiger partial charge in [0, 0.05) is 5.02 Å². The molecule has 1 nitrogen and oxygen atoms in total. The molecule has 0 spiro atoms. The Kier molecular flexibility index (Phi) is 11.7. The van der Waals surface area contributed by atoms with Crippen LogP contribution in [0.1, 0.15) is 44.6 Å². The lowest BCUT2D eigenvalue weighted by Gasteiger charge is -2.05. The standard InChI is InChI=1S/C15H24ClN.ClH/c1-2-3-4-5-12-17-13-6-7-14-8-10-15(16)11-9-14;/h8-11,17H,2-7,12-13H2,1H3;1H. The van der Waals surface area contributed by atoms with Crippen LogP contribution in [-0.4, -0.2) is 13.1 Å². The monoisotopic (exact) mass is 289 g/mol. The third-order valence-corrected chi connectivity index (χ3v) is 3.19. The third kappa shape index (κ3) is 8.79. The van der Waals surface area contributed by atoms with Crippen LogP contribution in [0.5, 0.6) is 0 Å². The highest BCUT2D eigenvalue weighted by Gasteiger charge is 1.94. The minimum Gasteiger partial charge on any atom is -0.317 e. The molecule has 1 N–H and O–H groups in total. The molecule has 104 valence electrons. The SMILES string of the molecule is CCCCCCNCCCc1ccc(Cl)cc1.Cl. The maximum Gasteiger partial charge on any atom is 0.0406 e. The average Bonchev–Trinajstić information content (AvgIpc) is 2.35. The minimum absolute atomic E-state index is 0. The van der Waals surface area contributed by atoms with Gasteiger partial charge in [-0.2, -0.15) is 0 Å². The molecule has 0 saturated heterocycles. The van der Waals surface area contributed by atoms with Crippen molar-refractivity contribution in [2.75, 3.05) is 13.1 Å². The summed E-state index contributed by atoms with van der Waals surface area (Å²) < 4.78 is 0. The molecule has 1 aromatic rings. The van der Waals surface area contributed by atoms with E-state index < -0.39 is 0 Å². The summed E-state index contributed by atoms with van der Waals surface area (Å²) in [4.78, 5) is 0. The van der Waals surface area contributed by atoms with Gasteiger partial charge in [0.2, 0.25) is 0 Å². The molecule has 0 aromatic heterocycles. The van der Waals surface area contributed by atoms with Gasteiger partial charge in [-0.3, -0.25) is 0 Å². The summed E-state index contributed by atoms with van der Waals surface area (Å²) >= 11 is 5.84. The van der Waals surface area contributed by atoms with Crippen LogP contribution in [0.4, 0.5) is 0 Å². The van der Waals surface area contributed by atoms with Crippen molar-refractivity contribution in [3.63, 3.8) is 0 Å². The summed E-state index contributed by atoms with van der Waals surface area (Å²) in [7, 11) is 0. The van der Waals surface area contributed by atoms with Crippen LogP contribution in [0.15, 0.2) is 24.3 Å². The quantitative estimate of drug-likeness (QED) is 0.640. The van der Waals surface area contributed by atoms with E-state index in [0.717, 1.165) is 18.0 Å². The molecule has 0 aliphatic carbocycles. The summed E-state index contributed by atoms with van der Waals surface area (Å²) in [6.45, 7) is 4.54. The smallest absolute Gasteiger partial charge is 0.0406 e. The van der Waals surface area contributed by atoms with Crippen LogP contribution in [-0.2, 0) is 6.42 Å². The van der Waals surface area contributed by atoms with Gasteiger partial charge < -0.3 is 5.32 Å². The van der Waals surface area contributed by atoms with Crippen molar-refractivity contribution in [3.8, 4) is 0 Å². The van der Waals surface area contributed by atoms with E-state index in [1.807, 2.05) is 12.1 Å². The summed E-state index contributed by atoms with van der Waals surface area (Å²) in [6, 6.07) is 8.16. The van der Waals surface area contributed by atoms with E-state index in [4.69, 9.17) is 11.6 Å². The molecule has 0 atom stereocenters. The Bertz CT molecular complexity index is 285. The number of aryl methyl sites for hydroxylation is 1. The molecule has 0 heterocycles. The number of nitrogens with one attached hydrogen (secondary N) is 1. The first-order valence-electron chi connectivity index (χ1n) is 6.78. The Morgan fingerprint density at radius 2 is 1.61 bits per heavy atom. The second-order valence-electron chi connectivity index (χ2n) is 4.54. The lowest BCUT2D eigenvalue weighted by Crippen LogP contribution is -2.17. The number of hydrogen-bond acceptors (Lipinski definition) is 1. The predicted molar refractivity (Wildman–Crippen MR) is 84.0 cm³/mol. The highest BCUT2D eigenvalue weighted by molar-refractivity contribution is 6.30. The molecule has 0 aliphatic heterocycles. The lowest BCUT2D eigenvalue weighted by atomic mass is 10.1. The van der Waals surface area contributed by atoms with Gasteiger partial charge in [-0.25, -0.2) is 0 Å². The first-order chi connectivity index (χ1) is 8.33. The lowest BCUT2D eigenvalue weighted by molar-refractivity contribution is 0.585. The summed E-state index contributed by atoms with van der Waals surface area (Å²) in [5.74, 6) is 0. The van der Waals surface area contributed by atoms with Crippen LogP contribution in [0.2, 0.25) is 5.02 Å². The Hall–Kier alpha value is -0.240. The molecule has 0 saturated carbocycles. The molecular formula is C15H25Cl2N. The van der Waals surface area contributed by atoms with E-state index in [1.54, 1.807) is 0 Å². The second-order valence-corrected chi connectivity index (χ2v) is 4.98. The van der Waals surface area contributed by atoms with E-state index in [-0.39, 0.29) is 12.4 Å². The second kappa shape index (κ2) is 11.8. The summed E-state index contributed by atoms with van der Waals surface area (Å²) in [6.07, 6.45) is 7.70. The van der Waals surface area contributed by atoms with E-state index in [0.29, 0.717) is 0 Å². The van der Waals surface area contributed by atoms with E-state index in [9.17, 15) is 0 Å². The Morgan fingerprint density at radius 3 is 2.28 bits per heavy atom. The van der Waals surface area contributed by atoms with E-state index in [1.165, 1.54) is 44.2 Å². The zero-order chi connectivity index (χ0) is 12.3. The van der Waals surface area contributed by atoms with Crippen LogP contribution < -0.4 is 5.32 Å². The first kappa shape index (κ1) is 17.8. The molecule has 18 heavy (non-hydrogen) atoms. The van der Waals surface area contributed by atoms with Gasteiger partial charge in [0.15, 0.2) is 0 Å². The van der Waals surface area contributed by atoms with E-state index >= 15 is 0 Å². The fourth-order valence-corrected chi connectivity index (χ4v) is 2.00. The van der Waals surface area contributed by atoms with Gasteiger partial charge in [-0.1, -0.05) is 49.9 Å². The van der Waals surface area contributed by atoms with Crippen molar-refractivity contribution in [2.45, 2.75) is 45.4 Å². The van der Waals surface area contributed by atoms with Gasteiger partial charge in [-0.15, -0.1) is 12.4 Å². The van der Waals surface area contributed by atoms with Crippen LogP contribution in [0.25, 0.3) is 0 Å². The molecule has 0 aliphatic rings. The number of halogens is 2. The van der Waals surface area contributed by atoms with Gasteiger partial charge in [0.05, 0.1) is 0 Å². The maximum absolute atomic E-state index is 5.84. The minimum atomic E-state index is 0. The average molecular weight is 290 g/mol. The van der Waals surface area contributed by atoms with Crippen molar-refractivity contribution in [1.29, 1.82) is 0 Å². The highest BCUT2D eigenvalue weighted by Crippen LogP contribution is 2.10. The number of rotatable bonds is 9. The molecule has 0 unspecified atom stereocenters. The van der Waals surface area contributed by atoms with Gasteiger partial charge >= 0.3 is 0 Å². The van der Waals surface area contributed by atoms with Crippen molar-refractivity contribution in [3.05, 3.63) is 34.9 Å².